The summed E-state index contributed by atoms with van der Waals surface area (Å²) in [6.45, 7) is 5.97. The molecule has 2 heterocycles. The van der Waals surface area contributed by atoms with E-state index in [4.69, 9.17) is 31.2 Å². The fraction of sp³-hybridized carbons (Fsp3) is 0.429. The molecule has 0 bridgehead atoms. The Morgan fingerprint density at radius 1 is 1.05 bits per heavy atom. The van der Waals surface area contributed by atoms with Crippen molar-refractivity contribution in [1.29, 1.82) is 5.26 Å². The fourth-order valence-electron chi connectivity index (χ4n) is 4.94. The van der Waals surface area contributed by atoms with E-state index in [9.17, 15) is 4.79 Å². The number of fused-ring (bicyclic) bond motifs is 3. The van der Waals surface area contributed by atoms with Crippen LogP contribution in [-0.2, 0) is 22.7 Å². The quantitative estimate of drug-likeness (QED) is 0.370. The van der Waals surface area contributed by atoms with Gasteiger partial charge in [-0.25, -0.2) is 4.79 Å². The first kappa shape index (κ1) is 26.0. The molecule has 0 spiro atoms. The van der Waals surface area contributed by atoms with Crippen LogP contribution >= 0.6 is 11.6 Å². The van der Waals surface area contributed by atoms with Gasteiger partial charge in [0.1, 0.15) is 17.2 Å². The van der Waals surface area contributed by atoms with Gasteiger partial charge in [0.25, 0.3) is 0 Å². The lowest BCUT2D eigenvalue weighted by atomic mass is 9.86. The average molecular weight is 536 g/mol. The van der Waals surface area contributed by atoms with E-state index in [2.05, 4.69) is 20.8 Å². The lowest BCUT2D eigenvalue weighted by molar-refractivity contribution is -0.155. The minimum Gasteiger partial charge on any atom is -0.490 e. The van der Waals surface area contributed by atoms with Gasteiger partial charge in [0.2, 0.25) is 0 Å². The minimum absolute atomic E-state index is 0.106. The highest BCUT2D eigenvalue weighted by atomic mass is 35.5. The molecule has 3 aromatic rings. The third-order valence-electron chi connectivity index (χ3n) is 6.62. The molecule has 1 fully saturated rings. The Kier molecular flexibility index (Phi) is 7.28. The smallest absolute Gasteiger partial charge is 0.490 e. The van der Waals surface area contributed by atoms with E-state index < -0.39 is 11.8 Å². The van der Waals surface area contributed by atoms with Crippen molar-refractivity contribution in [2.24, 2.45) is 0 Å². The van der Waals surface area contributed by atoms with Crippen LogP contribution in [0.15, 0.2) is 42.5 Å². The number of nitriles is 1. The van der Waals surface area contributed by atoms with E-state index in [0.717, 1.165) is 48.5 Å². The van der Waals surface area contributed by atoms with Crippen LogP contribution in [0, 0.1) is 11.3 Å². The summed E-state index contributed by atoms with van der Waals surface area (Å²) in [5.41, 5.74) is 1.78. The maximum absolute atomic E-state index is 12.4. The maximum atomic E-state index is 12.4. The maximum Gasteiger partial charge on any atom is 0.528 e. The summed E-state index contributed by atoms with van der Waals surface area (Å²) < 4.78 is 13.6. The number of hydrogen-bond acceptors (Lipinski definition) is 8. The van der Waals surface area contributed by atoms with E-state index >= 15 is 0 Å². The summed E-state index contributed by atoms with van der Waals surface area (Å²) >= 11 is 6.34. The molecule has 0 unspecified atom stereocenters. The molecular weight excluding hydrogens is 506 g/mol. The van der Waals surface area contributed by atoms with Gasteiger partial charge in [-0.05, 0) is 94.5 Å². The van der Waals surface area contributed by atoms with Gasteiger partial charge in [-0.2, -0.15) is 5.26 Å². The van der Waals surface area contributed by atoms with E-state index in [-0.39, 0.29) is 18.6 Å². The number of nitrogens with zero attached hydrogens (tertiary/aromatic N) is 5. The zero-order valence-corrected chi connectivity index (χ0v) is 22.4. The van der Waals surface area contributed by atoms with Gasteiger partial charge in [0, 0.05) is 10.9 Å². The third kappa shape index (κ3) is 5.93. The van der Waals surface area contributed by atoms with Gasteiger partial charge in [0.15, 0.2) is 5.82 Å². The van der Waals surface area contributed by atoms with Crippen LogP contribution in [0.3, 0.4) is 0 Å². The Morgan fingerprint density at radius 2 is 1.79 bits per heavy atom. The van der Waals surface area contributed by atoms with Crippen molar-refractivity contribution in [3.8, 4) is 17.5 Å². The van der Waals surface area contributed by atoms with Gasteiger partial charge in [0.05, 0.1) is 36.5 Å². The summed E-state index contributed by atoms with van der Waals surface area (Å²) in [5, 5.41) is 20.2. The number of hydroxylamine groups is 2. The van der Waals surface area contributed by atoms with Crippen molar-refractivity contribution in [1.82, 2.24) is 19.8 Å². The summed E-state index contributed by atoms with van der Waals surface area (Å²) in [6.07, 6.45) is 2.91. The first-order valence-electron chi connectivity index (χ1n) is 12.7. The lowest BCUT2D eigenvalue weighted by Crippen LogP contribution is -2.31. The van der Waals surface area contributed by atoms with Gasteiger partial charge in [-0.1, -0.05) is 11.6 Å². The van der Waals surface area contributed by atoms with E-state index in [1.807, 2.05) is 30.3 Å². The van der Waals surface area contributed by atoms with E-state index in [0.29, 0.717) is 23.0 Å². The molecule has 0 radical (unpaired) electrons. The molecule has 5 rings (SSSR count). The summed E-state index contributed by atoms with van der Waals surface area (Å²) in [4.78, 5) is 17.9. The normalized spacial score (nSPS) is 19.4. The molecule has 0 N–H and O–H groups in total. The molecule has 2 aromatic carbocycles. The van der Waals surface area contributed by atoms with Crippen LogP contribution in [0.1, 0.15) is 75.1 Å². The molecule has 38 heavy (non-hydrogen) atoms. The summed E-state index contributed by atoms with van der Waals surface area (Å²) in [6, 6.07) is 15.0. The minimum atomic E-state index is -0.769. The van der Waals surface area contributed by atoms with Crippen LogP contribution in [0.5, 0.6) is 5.75 Å². The predicted octanol–water partition coefficient (Wildman–Crippen LogP) is 6.08. The molecule has 0 atom stereocenters. The molecule has 1 aliphatic heterocycles. The summed E-state index contributed by atoms with van der Waals surface area (Å²) in [5.74, 6) is 2.55. The van der Waals surface area contributed by atoms with E-state index in [1.54, 1.807) is 32.9 Å². The Hall–Kier alpha value is -3.61. The molecule has 1 aliphatic carbocycles. The van der Waals surface area contributed by atoms with Gasteiger partial charge in [-0.15, -0.1) is 15.3 Å². The Bertz CT molecular complexity index is 1350. The molecule has 198 valence electrons. The number of benzene rings is 2. The first-order valence-corrected chi connectivity index (χ1v) is 13.1. The molecule has 10 heteroatoms. The van der Waals surface area contributed by atoms with Crippen LogP contribution in [0.2, 0.25) is 5.02 Å². The second-order valence-electron chi connectivity index (χ2n) is 10.7. The Balaban J connectivity index is 1.33. The molecule has 0 saturated heterocycles. The number of hydrogen-bond donors (Lipinski definition) is 0. The Labute approximate surface area is 226 Å². The van der Waals surface area contributed by atoms with Crippen LogP contribution in [-0.4, -0.2) is 37.7 Å². The molecule has 9 nitrogen and oxygen atoms in total. The highest BCUT2D eigenvalue weighted by molar-refractivity contribution is 6.30. The van der Waals surface area contributed by atoms with Gasteiger partial charge < -0.3 is 14.3 Å². The SMILES string of the molecule is CC(C)(C)OC(=O)ON1Cc2cc(Cl)ccc2-n2c(nnc2[C@H]2CC[C@H](Oc3ccc(C#N)cc3)CC2)C1. The molecule has 2 aliphatic rings. The van der Waals surface area contributed by atoms with Crippen molar-refractivity contribution in [3.05, 3.63) is 70.3 Å². The van der Waals surface area contributed by atoms with Crippen molar-refractivity contribution in [2.45, 2.75) is 77.2 Å². The monoisotopic (exact) mass is 535 g/mol. The predicted molar refractivity (Wildman–Crippen MR) is 140 cm³/mol. The lowest BCUT2D eigenvalue weighted by Gasteiger charge is -2.29. The van der Waals surface area contributed by atoms with Crippen LogP contribution in [0.4, 0.5) is 4.79 Å². The number of halogens is 1. The standard InChI is InChI=1S/C28H30ClN5O4/c1-28(2,3)37-27(35)38-33-16-20-14-21(29)8-13-24(20)34-25(17-33)31-32-26(34)19-6-11-23(12-7-19)36-22-9-4-18(15-30)5-10-22/h4-5,8-10,13-14,19,23H,6-7,11-12,16-17H2,1-3H3/t19-,23-. The summed E-state index contributed by atoms with van der Waals surface area (Å²) in [7, 11) is 0. The topological polar surface area (TPSA) is 102 Å². The largest absolute Gasteiger partial charge is 0.528 e. The zero-order chi connectivity index (χ0) is 26.9. The average Bonchev–Trinajstić information content (AvgIpc) is 3.20. The van der Waals surface area contributed by atoms with Crippen molar-refractivity contribution in [3.63, 3.8) is 0 Å². The molecule has 1 aromatic heterocycles. The highest BCUT2D eigenvalue weighted by Crippen LogP contribution is 2.37. The fourth-order valence-corrected chi connectivity index (χ4v) is 5.13. The molecule has 0 amide bonds. The number of carbonyl (C=O) groups excluding carboxylic acids is 1. The van der Waals surface area contributed by atoms with Crippen LogP contribution < -0.4 is 4.74 Å². The van der Waals surface area contributed by atoms with Crippen molar-refractivity contribution < 1.29 is 19.1 Å². The highest BCUT2D eigenvalue weighted by Gasteiger charge is 2.32. The van der Waals surface area contributed by atoms with Crippen molar-refractivity contribution >= 4 is 17.8 Å². The number of rotatable bonds is 4. The van der Waals surface area contributed by atoms with E-state index in [1.165, 1.54) is 5.06 Å². The Morgan fingerprint density at radius 3 is 2.47 bits per heavy atom. The second-order valence-corrected chi connectivity index (χ2v) is 11.1. The van der Waals surface area contributed by atoms with Gasteiger partial charge in [-0.3, -0.25) is 4.57 Å². The van der Waals surface area contributed by atoms with Crippen molar-refractivity contribution in [2.75, 3.05) is 0 Å². The van der Waals surface area contributed by atoms with Crippen LogP contribution in [0.25, 0.3) is 5.69 Å². The number of carbonyl (C=O) groups is 1. The second kappa shape index (κ2) is 10.6. The zero-order valence-electron chi connectivity index (χ0n) is 21.7. The first-order chi connectivity index (χ1) is 18.2. The number of ether oxygens (including phenoxy) is 2. The third-order valence-corrected chi connectivity index (χ3v) is 6.86. The molecule has 1 saturated carbocycles. The van der Waals surface area contributed by atoms with Gasteiger partial charge >= 0.3 is 6.16 Å². The number of aromatic nitrogens is 3. The molecular formula is C28H30ClN5O4.